The molecule has 0 radical (unpaired) electrons. The van der Waals surface area contributed by atoms with Gasteiger partial charge in [0.2, 0.25) is 0 Å². The van der Waals surface area contributed by atoms with E-state index in [0.717, 1.165) is 25.3 Å². The van der Waals surface area contributed by atoms with Crippen molar-refractivity contribution in [3.63, 3.8) is 0 Å². The SMILES string of the molecule is CC(C)CN1CCCC(N)C1c1ccc(OC(C)C)cc1. The van der Waals surface area contributed by atoms with Crippen molar-refractivity contribution in [2.24, 2.45) is 11.7 Å². The van der Waals surface area contributed by atoms with Crippen LogP contribution in [0, 0.1) is 5.92 Å². The lowest BCUT2D eigenvalue weighted by atomic mass is 9.90. The van der Waals surface area contributed by atoms with Gasteiger partial charge in [-0.1, -0.05) is 26.0 Å². The molecule has 2 N–H and O–H groups in total. The van der Waals surface area contributed by atoms with E-state index in [4.69, 9.17) is 10.5 Å². The maximum atomic E-state index is 6.42. The summed E-state index contributed by atoms with van der Waals surface area (Å²) in [5, 5.41) is 0. The molecular weight excluding hydrogens is 260 g/mol. The summed E-state index contributed by atoms with van der Waals surface area (Å²) >= 11 is 0. The minimum atomic E-state index is 0.213. The highest BCUT2D eigenvalue weighted by atomic mass is 16.5. The maximum absolute atomic E-state index is 6.42. The van der Waals surface area contributed by atoms with E-state index in [1.165, 1.54) is 12.0 Å². The van der Waals surface area contributed by atoms with E-state index < -0.39 is 0 Å². The minimum Gasteiger partial charge on any atom is -0.491 e. The molecular formula is C18H30N2O. The number of benzene rings is 1. The molecule has 21 heavy (non-hydrogen) atoms. The second kappa shape index (κ2) is 7.28. The van der Waals surface area contributed by atoms with Crippen LogP contribution in [0.25, 0.3) is 0 Å². The summed E-state index contributed by atoms with van der Waals surface area (Å²) in [5.41, 5.74) is 7.74. The van der Waals surface area contributed by atoms with Gasteiger partial charge in [0.05, 0.1) is 6.10 Å². The topological polar surface area (TPSA) is 38.5 Å². The fourth-order valence-corrected chi connectivity index (χ4v) is 3.25. The first-order valence-corrected chi connectivity index (χ1v) is 8.23. The average molecular weight is 290 g/mol. The third-order valence-electron chi connectivity index (χ3n) is 3.97. The molecule has 1 saturated heterocycles. The Morgan fingerprint density at radius 2 is 1.86 bits per heavy atom. The predicted octanol–water partition coefficient (Wildman–Crippen LogP) is 3.59. The van der Waals surface area contributed by atoms with Crippen LogP contribution in [0.3, 0.4) is 0 Å². The molecule has 2 atom stereocenters. The summed E-state index contributed by atoms with van der Waals surface area (Å²) in [5.74, 6) is 1.61. The number of ether oxygens (including phenoxy) is 1. The van der Waals surface area contributed by atoms with Gasteiger partial charge in [0.15, 0.2) is 0 Å². The van der Waals surface area contributed by atoms with Gasteiger partial charge >= 0.3 is 0 Å². The van der Waals surface area contributed by atoms with Crippen LogP contribution in [0.1, 0.15) is 52.1 Å². The number of hydrogen-bond donors (Lipinski definition) is 1. The Hall–Kier alpha value is -1.06. The van der Waals surface area contributed by atoms with E-state index in [9.17, 15) is 0 Å². The van der Waals surface area contributed by atoms with Crippen molar-refractivity contribution in [3.8, 4) is 5.75 Å². The van der Waals surface area contributed by atoms with E-state index in [1.807, 2.05) is 0 Å². The molecule has 3 heteroatoms. The number of nitrogens with zero attached hydrogens (tertiary/aromatic N) is 1. The molecule has 0 bridgehead atoms. The first kappa shape index (κ1) is 16.3. The van der Waals surface area contributed by atoms with Crippen LogP contribution in [-0.4, -0.2) is 30.1 Å². The van der Waals surface area contributed by atoms with Gasteiger partial charge in [-0.2, -0.15) is 0 Å². The molecule has 0 aromatic heterocycles. The van der Waals surface area contributed by atoms with Crippen LogP contribution in [0.15, 0.2) is 24.3 Å². The molecule has 1 fully saturated rings. The summed E-state index contributed by atoms with van der Waals surface area (Å²) in [6.45, 7) is 10.9. The number of likely N-dealkylation sites (tertiary alicyclic amines) is 1. The average Bonchev–Trinajstić information content (AvgIpc) is 2.39. The molecule has 0 spiro atoms. The van der Waals surface area contributed by atoms with E-state index in [-0.39, 0.29) is 12.1 Å². The molecule has 2 unspecified atom stereocenters. The zero-order valence-electron chi connectivity index (χ0n) is 13.9. The third kappa shape index (κ3) is 4.45. The van der Waals surface area contributed by atoms with E-state index in [2.05, 4.69) is 56.9 Å². The summed E-state index contributed by atoms with van der Waals surface area (Å²) in [7, 11) is 0. The smallest absolute Gasteiger partial charge is 0.119 e. The molecule has 0 amide bonds. The summed E-state index contributed by atoms with van der Waals surface area (Å²) in [6.07, 6.45) is 2.54. The summed E-state index contributed by atoms with van der Waals surface area (Å²) in [4.78, 5) is 2.55. The number of nitrogens with two attached hydrogens (primary N) is 1. The fourth-order valence-electron chi connectivity index (χ4n) is 3.25. The van der Waals surface area contributed by atoms with Crippen molar-refractivity contribution in [3.05, 3.63) is 29.8 Å². The van der Waals surface area contributed by atoms with Gasteiger partial charge in [0.25, 0.3) is 0 Å². The minimum absolute atomic E-state index is 0.213. The Balaban J connectivity index is 2.15. The quantitative estimate of drug-likeness (QED) is 0.900. The Kier molecular flexibility index (Phi) is 5.65. The second-order valence-corrected chi connectivity index (χ2v) is 6.88. The third-order valence-corrected chi connectivity index (χ3v) is 3.97. The number of piperidine rings is 1. The first-order chi connectivity index (χ1) is 9.97. The zero-order chi connectivity index (χ0) is 15.4. The molecule has 1 aliphatic rings. The monoisotopic (exact) mass is 290 g/mol. The lowest BCUT2D eigenvalue weighted by Crippen LogP contribution is -2.47. The molecule has 1 aliphatic heterocycles. The largest absolute Gasteiger partial charge is 0.491 e. The van der Waals surface area contributed by atoms with Crippen LogP contribution >= 0.6 is 0 Å². The lowest BCUT2D eigenvalue weighted by Gasteiger charge is -2.41. The van der Waals surface area contributed by atoms with Crippen LogP contribution in [0.4, 0.5) is 0 Å². The molecule has 0 aliphatic carbocycles. The Bertz CT molecular complexity index is 427. The van der Waals surface area contributed by atoms with Crippen molar-refractivity contribution in [1.29, 1.82) is 0 Å². The van der Waals surface area contributed by atoms with Crippen molar-refractivity contribution in [2.75, 3.05) is 13.1 Å². The van der Waals surface area contributed by atoms with Gasteiger partial charge in [-0.3, -0.25) is 4.90 Å². The van der Waals surface area contributed by atoms with Gasteiger partial charge in [-0.05, 0) is 56.8 Å². The van der Waals surface area contributed by atoms with E-state index >= 15 is 0 Å². The van der Waals surface area contributed by atoms with Crippen LogP contribution in [-0.2, 0) is 0 Å². The summed E-state index contributed by atoms with van der Waals surface area (Å²) in [6, 6.07) is 9.08. The van der Waals surface area contributed by atoms with Gasteiger partial charge in [-0.25, -0.2) is 0 Å². The Morgan fingerprint density at radius 1 is 1.19 bits per heavy atom. The summed E-state index contributed by atoms with van der Waals surface area (Å²) < 4.78 is 5.73. The molecule has 1 heterocycles. The molecule has 118 valence electrons. The normalized spacial score (nSPS) is 23.8. The molecule has 2 rings (SSSR count). The van der Waals surface area contributed by atoms with E-state index in [1.54, 1.807) is 0 Å². The lowest BCUT2D eigenvalue weighted by molar-refractivity contribution is 0.114. The highest BCUT2D eigenvalue weighted by Gasteiger charge is 2.30. The highest BCUT2D eigenvalue weighted by Crippen LogP contribution is 2.31. The molecule has 1 aromatic carbocycles. The maximum Gasteiger partial charge on any atom is 0.119 e. The van der Waals surface area contributed by atoms with Crippen molar-refractivity contribution >= 4 is 0 Å². The Labute approximate surface area is 129 Å². The van der Waals surface area contributed by atoms with Crippen LogP contribution in [0.5, 0.6) is 5.75 Å². The van der Waals surface area contributed by atoms with Crippen LogP contribution < -0.4 is 10.5 Å². The van der Waals surface area contributed by atoms with Gasteiger partial charge < -0.3 is 10.5 Å². The van der Waals surface area contributed by atoms with Crippen molar-refractivity contribution < 1.29 is 4.74 Å². The molecule has 0 saturated carbocycles. The number of hydrogen-bond acceptors (Lipinski definition) is 3. The highest BCUT2D eigenvalue weighted by molar-refractivity contribution is 5.30. The van der Waals surface area contributed by atoms with Gasteiger partial charge in [0, 0.05) is 18.6 Å². The van der Waals surface area contributed by atoms with Crippen molar-refractivity contribution in [1.82, 2.24) is 4.90 Å². The van der Waals surface area contributed by atoms with Crippen LogP contribution in [0.2, 0.25) is 0 Å². The van der Waals surface area contributed by atoms with Gasteiger partial charge in [-0.15, -0.1) is 0 Å². The first-order valence-electron chi connectivity index (χ1n) is 8.23. The standard InChI is InChI=1S/C18H30N2O/c1-13(2)12-20-11-5-6-17(19)18(20)15-7-9-16(10-8-15)21-14(3)4/h7-10,13-14,17-18H,5-6,11-12,19H2,1-4H3. The van der Waals surface area contributed by atoms with Crippen molar-refractivity contribution in [2.45, 2.75) is 58.7 Å². The number of rotatable bonds is 5. The van der Waals surface area contributed by atoms with E-state index in [0.29, 0.717) is 12.0 Å². The predicted molar refractivity (Wildman–Crippen MR) is 88.6 cm³/mol. The second-order valence-electron chi connectivity index (χ2n) is 6.88. The molecule has 3 nitrogen and oxygen atoms in total. The molecule has 1 aromatic rings. The van der Waals surface area contributed by atoms with Gasteiger partial charge in [0.1, 0.15) is 5.75 Å². The zero-order valence-corrected chi connectivity index (χ0v) is 13.9. The fraction of sp³-hybridized carbons (Fsp3) is 0.667. The Morgan fingerprint density at radius 3 is 2.43 bits per heavy atom.